The van der Waals surface area contributed by atoms with Crippen LogP contribution in [0.3, 0.4) is 0 Å². The maximum atomic E-state index is 11.1. The summed E-state index contributed by atoms with van der Waals surface area (Å²) in [5.41, 5.74) is 1.02. The second-order valence-corrected chi connectivity index (χ2v) is 3.53. The van der Waals surface area contributed by atoms with Gasteiger partial charge in [0.2, 0.25) is 0 Å². The summed E-state index contributed by atoms with van der Waals surface area (Å²) in [5.74, 6) is -1.25. The number of hydrogen-bond donors (Lipinski definition) is 1. The maximum Gasteiger partial charge on any atom is 0.307 e. The van der Waals surface area contributed by atoms with E-state index in [1.54, 1.807) is 6.08 Å². The molecule has 2 nitrogen and oxygen atoms in total. The molecule has 0 saturated carbocycles. The van der Waals surface area contributed by atoms with E-state index in [0.717, 1.165) is 5.56 Å². The summed E-state index contributed by atoms with van der Waals surface area (Å²) in [7, 11) is 0. The molecule has 0 saturated heterocycles. The molecule has 0 spiro atoms. The van der Waals surface area contributed by atoms with Gasteiger partial charge >= 0.3 is 5.97 Å². The molecule has 0 aliphatic rings. The normalized spacial score (nSPS) is 14.2. The van der Waals surface area contributed by atoms with Crippen molar-refractivity contribution < 1.29 is 9.90 Å². The Kier molecular flexibility index (Phi) is 4.10. The lowest BCUT2D eigenvalue weighted by molar-refractivity contribution is -0.142. The van der Waals surface area contributed by atoms with Crippen molar-refractivity contribution in [1.82, 2.24) is 0 Å². The quantitative estimate of drug-likeness (QED) is 0.748. The van der Waals surface area contributed by atoms with Gasteiger partial charge in [0, 0.05) is 5.92 Å². The zero-order chi connectivity index (χ0) is 11.3. The van der Waals surface area contributed by atoms with Gasteiger partial charge in [-0.25, -0.2) is 0 Å². The summed E-state index contributed by atoms with van der Waals surface area (Å²) in [6.07, 6.45) is 2.33. The fourth-order valence-electron chi connectivity index (χ4n) is 1.79. The number of benzene rings is 1. The Hall–Kier alpha value is -1.57. The standard InChI is InChI=1S/C13H16O2/c1-3-11(12(4-2)13(14)15)10-8-6-5-7-9-10/h3,5-9,11-12H,1,4H2,2H3,(H,14,15). The predicted molar refractivity (Wildman–Crippen MR) is 60.8 cm³/mol. The fourth-order valence-corrected chi connectivity index (χ4v) is 1.79. The summed E-state index contributed by atoms with van der Waals surface area (Å²) in [4.78, 5) is 11.1. The van der Waals surface area contributed by atoms with Crippen LogP contribution in [-0.4, -0.2) is 11.1 Å². The predicted octanol–water partition coefficient (Wildman–Crippen LogP) is 3.07. The number of aliphatic carboxylic acids is 1. The van der Waals surface area contributed by atoms with Crippen LogP contribution in [0.1, 0.15) is 24.8 Å². The van der Waals surface area contributed by atoms with Crippen molar-refractivity contribution in [2.75, 3.05) is 0 Å². The van der Waals surface area contributed by atoms with Gasteiger partial charge in [-0.2, -0.15) is 0 Å². The highest BCUT2D eigenvalue weighted by Crippen LogP contribution is 2.28. The molecule has 2 unspecified atom stereocenters. The first-order chi connectivity index (χ1) is 7.20. The van der Waals surface area contributed by atoms with Crippen LogP contribution in [0.5, 0.6) is 0 Å². The van der Waals surface area contributed by atoms with Crippen LogP contribution in [-0.2, 0) is 4.79 Å². The molecule has 0 heterocycles. The second kappa shape index (κ2) is 5.35. The minimum absolute atomic E-state index is 0.103. The Labute approximate surface area is 90.3 Å². The lowest BCUT2D eigenvalue weighted by atomic mass is 9.84. The first kappa shape index (κ1) is 11.5. The molecule has 0 fully saturated rings. The number of allylic oxidation sites excluding steroid dienone is 1. The van der Waals surface area contributed by atoms with E-state index in [1.165, 1.54) is 0 Å². The minimum atomic E-state index is -0.758. The molecule has 1 aromatic rings. The van der Waals surface area contributed by atoms with E-state index < -0.39 is 5.97 Å². The van der Waals surface area contributed by atoms with Crippen LogP contribution in [0.15, 0.2) is 43.0 Å². The molecule has 0 aromatic heterocycles. The largest absolute Gasteiger partial charge is 0.481 e. The van der Waals surface area contributed by atoms with Gasteiger partial charge in [-0.3, -0.25) is 4.79 Å². The van der Waals surface area contributed by atoms with Crippen molar-refractivity contribution in [2.24, 2.45) is 5.92 Å². The van der Waals surface area contributed by atoms with E-state index >= 15 is 0 Å². The number of carbonyl (C=O) groups is 1. The monoisotopic (exact) mass is 204 g/mol. The smallest absolute Gasteiger partial charge is 0.307 e. The number of carboxylic acid groups (broad SMARTS) is 1. The molecular formula is C13H16O2. The van der Waals surface area contributed by atoms with Gasteiger partial charge in [0.25, 0.3) is 0 Å². The molecule has 1 N–H and O–H groups in total. The summed E-state index contributed by atoms with van der Waals surface area (Å²) < 4.78 is 0. The van der Waals surface area contributed by atoms with Gasteiger partial charge in [-0.1, -0.05) is 43.3 Å². The van der Waals surface area contributed by atoms with Crippen molar-refractivity contribution in [3.8, 4) is 0 Å². The van der Waals surface area contributed by atoms with E-state index in [1.807, 2.05) is 37.3 Å². The van der Waals surface area contributed by atoms with Crippen molar-refractivity contribution >= 4 is 5.97 Å². The molecule has 0 radical (unpaired) electrons. The van der Waals surface area contributed by atoms with E-state index in [-0.39, 0.29) is 11.8 Å². The third-order valence-corrected chi connectivity index (χ3v) is 2.63. The molecule has 1 aromatic carbocycles. The molecule has 15 heavy (non-hydrogen) atoms. The van der Waals surface area contributed by atoms with Gasteiger partial charge in [0.15, 0.2) is 0 Å². The van der Waals surface area contributed by atoms with Gasteiger partial charge in [0.1, 0.15) is 0 Å². The average molecular weight is 204 g/mol. The van der Waals surface area contributed by atoms with E-state index in [4.69, 9.17) is 5.11 Å². The molecule has 2 atom stereocenters. The second-order valence-electron chi connectivity index (χ2n) is 3.53. The van der Waals surface area contributed by atoms with Crippen LogP contribution < -0.4 is 0 Å². The van der Waals surface area contributed by atoms with Gasteiger partial charge in [-0.15, -0.1) is 6.58 Å². The first-order valence-electron chi connectivity index (χ1n) is 5.11. The summed E-state index contributed by atoms with van der Waals surface area (Å²) in [6, 6.07) is 9.64. The topological polar surface area (TPSA) is 37.3 Å². The zero-order valence-electron chi connectivity index (χ0n) is 8.89. The van der Waals surface area contributed by atoms with Crippen molar-refractivity contribution in [2.45, 2.75) is 19.3 Å². The number of hydrogen-bond acceptors (Lipinski definition) is 1. The van der Waals surface area contributed by atoms with E-state index in [9.17, 15) is 4.79 Å². The highest BCUT2D eigenvalue weighted by molar-refractivity contribution is 5.71. The van der Waals surface area contributed by atoms with E-state index in [0.29, 0.717) is 6.42 Å². The molecule has 2 heteroatoms. The summed E-state index contributed by atoms with van der Waals surface area (Å²) >= 11 is 0. The Bertz CT molecular complexity index is 330. The van der Waals surface area contributed by atoms with Gasteiger partial charge in [-0.05, 0) is 12.0 Å². The van der Waals surface area contributed by atoms with Crippen molar-refractivity contribution in [3.63, 3.8) is 0 Å². The first-order valence-corrected chi connectivity index (χ1v) is 5.11. The van der Waals surface area contributed by atoms with Gasteiger partial charge in [0.05, 0.1) is 5.92 Å². The molecular weight excluding hydrogens is 188 g/mol. The van der Waals surface area contributed by atoms with Gasteiger partial charge < -0.3 is 5.11 Å². The summed E-state index contributed by atoms with van der Waals surface area (Å²) in [5, 5.41) is 9.09. The lowest BCUT2D eigenvalue weighted by Gasteiger charge is -2.19. The highest BCUT2D eigenvalue weighted by Gasteiger charge is 2.24. The van der Waals surface area contributed by atoms with Crippen molar-refractivity contribution in [1.29, 1.82) is 0 Å². The minimum Gasteiger partial charge on any atom is -0.481 e. The molecule has 80 valence electrons. The Morgan fingerprint density at radius 3 is 2.47 bits per heavy atom. The number of carboxylic acids is 1. The lowest BCUT2D eigenvalue weighted by Crippen LogP contribution is -2.19. The third-order valence-electron chi connectivity index (χ3n) is 2.63. The Balaban J connectivity index is 2.97. The molecule has 0 amide bonds. The van der Waals surface area contributed by atoms with Crippen LogP contribution in [0, 0.1) is 5.92 Å². The molecule has 0 aliphatic carbocycles. The molecule has 1 rings (SSSR count). The Morgan fingerprint density at radius 2 is 2.07 bits per heavy atom. The summed E-state index contributed by atoms with van der Waals surface area (Å²) in [6.45, 7) is 5.61. The maximum absolute atomic E-state index is 11.1. The zero-order valence-corrected chi connectivity index (χ0v) is 8.89. The van der Waals surface area contributed by atoms with Crippen LogP contribution in [0.25, 0.3) is 0 Å². The highest BCUT2D eigenvalue weighted by atomic mass is 16.4. The third kappa shape index (κ3) is 2.69. The Morgan fingerprint density at radius 1 is 1.47 bits per heavy atom. The molecule has 0 aliphatic heterocycles. The average Bonchev–Trinajstić information content (AvgIpc) is 2.26. The van der Waals surface area contributed by atoms with E-state index in [2.05, 4.69) is 6.58 Å². The molecule has 0 bridgehead atoms. The van der Waals surface area contributed by atoms with Crippen LogP contribution >= 0.6 is 0 Å². The van der Waals surface area contributed by atoms with Crippen LogP contribution in [0.2, 0.25) is 0 Å². The number of rotatable bonds is 5. The SMILES string of the molecule is C=CC(c1ccccc1)C(CC)C(=O)O. The van der Waals surface area contributed by atoms with Crippen molar-refractivity contribution in [3.05, 3.63) is 48.6 Å². The van der Waals surface area contributed by atoms with Crippen LogP contribution in [0.4, 0.5) is 0 Å². The fraction of sp³-hybridized carbons (Fsp3) is 0.308.